The van der Waals surface area contributed by atoms with Crippen molar-refractivity contribution in [1.29, 1.82) is 0 Å². The van der Waals surface area contributed by atoms with Crippen molar-refractivity contribution in [3.63, 3.8) is 0 Å². The minimum absolute atomic E-state index is 0.138. The largest absolute Gasteiger partial charge is 0.490 e. The number of benzene rings is 1. The van der Waals surface area contributed by atoms with Gasteiger partial charge in [0.25, 0.3) is 0 Å². The van der Waals surface area contributed by atoms with Gasteiger partial charge in [-0.1, -0.05) is 13.3 Å². The molecule has 0 aliphatic carbocycles. The topological polar surface area (TPSA) is 35.0 Å². The van der Waals surface area contributed by atoms with Crippen molar-refractivity contribution < 1.29 is 17.9 Å². The number of rotatable bonds is 6. The van der Waals surface area contributed by atoms with E-state index in [0.29, 0.717) is 11.6 Å². The van der Waals surface area contributed by atoms with Crippen LogP contribution in [0.5, 0.6) is 5.75 Å². The lowest BCUT2D eigenvalue weighted by Gasteiger charge is -2.05. The normalized spacial score (nSPS) is 11.8. The predicted molar refractivity (Wildman–Crippen MR) is 82.2 cm³/mol. The summed E-state index contributed by atoms with van der Waals surface area (Å²) in [5.41, 5.74) is 1.92. The van der Waals surface area contributed by atoms with Gasteiger partial charge in [-0.05, 0) is 42.3 Å². The van der Waals surface area contributed by atoms with Crippen molar-refractivity contribution in [2.75, 3.05) is 6.61 Å². The van der Waals surface area contributed by atoms with Crippen molar-refractivity contribution in [1.82, 2.24) is 9.97 Å². The first-order valence-electron chi connectivity index (χ1n) is 7.26. The van der Waals surface area contributed by atoms with E-state index in [4.69, 9.17) is 4.74 Å². The number of aromatic nitrogens is 2. The number of aryl methyl sites for hydroxylation is 1. The second-order valence-corrected chi connectivity index (χ2v) is 4.94. The Kier molecular flexibility index (Phi) is 5.73. The molecule has 0 radical (unpaired) electrons. The van der Waals surface area contributed by atoms with E-state index in [1.807, 2.05) is 0 Å². The smallest absolute Gasteiger partial charge is 0.409 e. The maximum absolute atomic E-state index is 11.9. The van der Waals surface area contributed by atoms with Gasteiger partial charge in [-0.25, -0.2) is 9.97 Å². The number of allylic oxidation sites excluding steroid dienone is 1. The molecule has 0 N–H and O–H groups in total. The first kappa shape index (κ1) is 17.0. The summed E-state index contributed by atoms with van der Waals surface area (Å²) < 4.78 is 41.0. The summed E-state index contributed by atoms with van der Waals surface area (Å²) in [6, 6.07) is 6.91. The Labute approximate surface area is 132 Å². The predicted octanol–water partition coefficient (Wildman–Crippen LogP) is 4.59. The SMILES string of the molecule is CCCc1cnc(-c2ccc(OC/C=C/C(F)(F)F)cc2)nc1. The van der Waals surface area contributed by atoms with E-state index >= 15 is 0 Å². The lowest BCUT2D eigenvalue weighted by Crippen LogP contribution is -2.02. The molecule has 0 unspecified atom stereocenters. The molecule has 3 nitrogen and oxygen atoms in total. The van der Waals surface area contributed by atoms with E-state index in [1.54, 1.807) is 36.7 Å². The molecule has 0 amide bonds. The standard InChI is InChI=1S/C17H17F3N2O/c1-2-4-13-11-21-16(22-12-13)14-5-7-15(8-6-14)23-10-3-9-17(18,19)20/h3,5-9,11-12H,2,4,10H2,1H3/b9-3+. The number of nitrogens with zero attached hydrogens (tertiary/aromatic N) is 2. The Balaban J connectivity index is 1.95. The highest BCUT2D eigenvalue weighted by atomic mass is 19.4. The molecule has 0 bridgehead atoms. The molecule has 6 heteroatoms. The van der Waals surface area contributed by atoms with Crippen LogP contribution in [-0.2, 0) is 6.42 Å². The van der Waals surface area contributed by atoms with Crippen LogP contribution in [0.2, 0.25) is 0 Å². The Bertz CT molecular complexity index is 634. The molecule has 0 aliphatic rings. The first-order valence-corrected chi connectivity index (χ1v) is 7.26. The average Bonchev–Trinajstić information content (AvgIpc) is 2.52. The molecule has 122 valence electrons. The van der Waals surface area contributed by atoms with Crippen LogP contribution in [0.15, 0.2) is 48.8 Å². The summed E-state index contributed by atoms with van der Waals surface area (Å²) in [5, 5.41) is 0. The van der Waals surface area contributed by atoms with E-state index in [0.717, 1.165) is 30.0 Å². The number of alkyl halides is 3. The third-order valence-electron chi connectivity index (χ3n) is 3.01. The highest BCUT2D eigenvalue weighted by Gasteiger charge is 2.21. The molecule has 0 fully saturated rings. The van der Waals surface area contributed by atoms with Crippen LogP contribution in [0.1, 0.15) is 18.9 Å². The quantitative estimate of drug-likeness (QED) is 0.729. The Morgan fingerprint density at radius 2 is 1.74 bits per heavy atom. The van der Waals surface area contributed by atoms with Gasteiger partial charge in [-0.2, -0.15) is 13.2 Å². The van der Waals surface area contributed by atoms with E-state index in [2.05, 4.69) is 16.9 Å². The minimum Gasteiger partial charge on any atom is -0.490 e. The van der Waals surface area contributed by atoms with Gasteiger partial charge in [-0.15, -0.1) is 0 Å². The molecule has 1 aromatic heterocycles. The van der Waals surface area contributed by atoms with Crippen molar-refractivity contribution in [3.05, 3.63) is 54.4 Å². The fraction of sp³-hybridized carbons (Fsp3) is 0.294. The Morgan fingerprint density at radius 1 is 1.09 bits per heavy atom. The highest BCUT2D eigenvalue weighted by Crippen LogP contribution is 2.20. The average molecular weight is 322 g/mol. The number of halogens is 3. The van der Waals surface area contributed by atoms with E-state index < -0.39 is 6.18 Å². The maximum atomic E-state index is 11.9. The minimum atomic E-state index is -4.31. The summed E-state index contributed by atoms with van der Waals surface area (Å²) in [4.78, 5) is 8.62. The summed E-state index contributed by atoms with van der Waals surface area (Å²) in [5.74, 6) is 1.09. The van der Waals surface area contributed by atoms with Crippen LogP contribution in [0.25, 0.3) is 11.4 Å². The third-order valence-corrected chi connectivity index (χ3v) is 3.01. The highest BCUT2D eigenvalue weighted by molar-refractivity contribution is 5.55. The zero-order valence-electron chi connectivity index (χ0n) is 12.7. The van der Waals surface area contributed by atoms with Gasteiger partial charge in [0.05, 0.1) is 0 Å². The van der Waals surface area contributed by atoms with Gasteiger partial charge in [0.15, 0.2) is 5.82 Å². The fourth-order valence-corrected chi connectivity index (χ4v) is 1.95. The Morgan fingerprint density at radius 3 is 2.30 bits per heavy atom. The summed E-state index contributed by atoms with van der Waals surface area (Å²) in [6.07, 6.45) is 2.37. The van der Waals surface area contributed by atoms with Gasteiger partial charge in [-0.3, -0.25) is 0 Å². The molecule has 0 saturated heterocycles. The molecule has 1 aromatic carbocycles. The van der Waals surface area contributed by atoms with Crippen LogP contribution < -0.4 is 4.74 Å². The molecule has 0 spiro atoms. The van der Waals surface area contributed by atoms with Crippen LogP contribution in [0.3, 0.4) is 0 Å². The molecule has 23 heavy (non-hydrogen) atoms. The van der Waals surface area contributed by atoms with E-state index in [-0.39, 0.29) is 12.7 Å². The maximum Gasteiger partial charge on any atom is 0.409 e. The zero-order chi connectivity index (χ0) is 16.7. The van der Waals surface area contributed by atoms with Gasteiger partial charge in [0, 0.05) is 24.0 Å². The fourth-order valence-electron chi connectivity index (χ4n) is 1.95. The van der Waals surface area contributed by atoms with Crippen LogP contribution in [0.4, 0.5) is 13.2 Å². The molecule has 0 aliphatic heterocycles. The van der Waals surface area contributed by atoms with Crippen LogP contribution in [0, 0.1) is 0 Å². The first-order chi connectivity index (χ1) is 11.0. The van der Waals surface area contributed by atoms with Crippen molar-refractivity contribution in [2.45, 2.75) is 25.9 Å². The second kappa shape index (κ2) is 7.76. The molecule has 0 saturated carbocycles. The number of ether oxygens (including phenoxy) is 1. The summed E-state index contributed by atoms with van der Waals surface area (Å²) in [6.45, 7) is 1.96. The van der Waals surface area contributed by atoms with Gasteiger partial charge in [0.2, 0.25) is 0 Å². The molecular formula is C17H17F3N2O. The van der Waals surface area contributed by atoms with Gasteiger partial charge < -0.3 is 4.74 Å². The molecule has 2 aromatic rings. The third kappa shape index (κ3) is 5.73. The molecular weight excluding hydrogens is 305 g/mol. The number of hydrogen-bond acceptors (Lipinski definition) is 3. The van der Waals surface area contributed by atoms with Gasteiger partial charge in [0.1, 0.15) is 12.4 Å². The molecule has 0 atom stereocenters. The number of hydrogen-bond donors (Lipinski definition) is 0. The van der Waals surface area contributed by atoms with Crippen molar-refractivity contribution in [2.24, 2.45) is 0 Å². The monoisotopic (exact) mass is 322 g/mol. The lowest BCUT2D eigenvalue weighted by molar-refractivity contribution is -0.0801. The summed E-state index contributed by atoms with van der Waals surface area (Å²) >= 11 is 0. The second-order valence-electron chi connectivity index (χ2n) is 4.94. The summed E-state index contributed by atoms with van der Waals surface area (Å²) in [7, 11) is 0. The van der Waals surface area contributed by atoms with Crippen LogP contribution >= 0.6 is 0 Å². The van der Waals surface area contributed by atoms with Gasteiger partial charge >= 0.3 is 6.18 Å². The zero-order valence-corrected chi connectivity index (χ0v) is 12.7. The van der Waals surface area contributed by atoms with E-state index in [1.165, 1.54) is 0 Å². The van der Waals surface area contributed by atoms with Crippen molar-refractivity contribution >= 4 is 0 Å². The van der Waals surface area contributed by atoms with Crippen LogP contribution in [-0.4, -0.2) is 22.8 Å². The van der Waals surface area contributed by atoms with Crippen molar-refractivity contribution in [3.8, 4) is 17.1 Å². The van der Waals surface area contributed by atoms with E-state index in [9.17, 15) is 13.2 Å². The Hall–Kier alpha value is -2.37. The molecule has 1 heterocycles. The molecule has 2 rings (SSSR count). The lowest BCUT2D eigenvalue weighted by atomic mass is 10.2.